The van der Waals surface area contributed by atoms with Crippen LogP contribution in [0.4, 0.5) is 19.0 Å². The van der Waals surface area contributed by atoms with Gasteiger partial charge in [-0.05, 0) is 30.0 Å². The number of anilines is 1. The van der Waals surface area contributed by atoms with Gasteiger partial charge in [-0.15, -0.1) is 0 Å². The molecule has 1 aromatic heterocycles. The van der Waals surface area contributed by atoms with E-state index in [0.29, 0.717) is 50.4 Å². The number of hydrogen-bond donors (Lipinski definition) is 2. The fourth-order valence-corrected chi connectivity index (χ4v) is 4.92. The lowest BCUT2D eigenvalue weighted by Crippen LogP contribution is -2.51. The smallest absolute Gasteiger partial charge is 0.387 e. The van der Waals surface area contributed by atoms with Crippen molar-refractivity contribution in [1.82, 2.24) is 20.2 Å². The highest BCUT2D eigenvalue weighted by Gasteiger charge is 2.35. The van der Waals surface area contributed by atoms with E-state index in [1.54, 1.807) is 4.90 Å². The SMILES string of the molecule is CC(C)NCC(C(=O)N1CCN(c2ncnc3c2[C@H](C)C[C@H]3O)CC1)c1ccc(C(F)(F)F)cc1. The van der Waals surface area contributed by atoms with Crippen molar-refractivity contribution in [3.05, 3.63) is 53.0 Å². The average Bonchev–Trinajstić information content (AvgIpc) is 3.12. The molecular formula is C25H32F3N5O2. The minimum absolute atomic E-state index is 0.103. The number of piperazine rings is 1. The van der Waals surface area contributed by atoms with Crippen molar-refractivity contribution < 1.29 is 23.1 Å². The van der Waals surface area contributed by atoms with Crippen LogP contribution in [0.25, 0.3) is 0 Å². The first-order valence-corrected chi connectivity index (χ1v) is 12.0. The molecule has 0 spiro atoms. The zero-order chi connectivity index (χ0) is 25.3. The number of alkyl halides is 3. The molecule has 1 aliphatic heterocycles. The normalized spacial score (nSPS) is 21.4. The number of amides is 1. The Balaban J connectivity index is 1.48. The predicted octanol–water partition coefficient (Wildman–Crippen LogP) is 3.47. The highest BCUT2D eigenvalue weighted by Crippen LogP contribution is 2.42. The van der Waals surface area contributed by atoms with Crippen LogP contribution in [-0.2, 0) is 11.0 Å². The van der Waals surface area contributed by atoms with Gasteiger partial charge in [-0.1, -0.05) is 32.9 Å². The summed E-state index contributed by atoms with van der Waals surface area (Å²) in [4.78, 5) is 26.2. The number of nitrogens with zero attached hydrogens (tertiary/aromatic N) is 4. The third-order valence-corrected chi connectivity index (χ3v) is 6.84. The molecule has 1 amide bonds. The number of aromatic nitrogens is 2. The lowest BCUT2D eigenvalue weighted by molar-refractivity contribution is -0.137. The fraction of sp³-hybridized carbons (Fsp3) is 0.560. The van der Waals surface area contributed by atoms with Gasteiger partial charge in [-0.3, -0.25) is 4.79 Å². The average molecular weight is 492 g/mol. The summed E-state index contributed by atoms with van der Waals surface area (Å²) in [5, 5.41) is 13.5. The number of aliphatic hydroxyl groups is 1. The number of benzene rings is 1. The van der Waals surface area contributed by atoms with Gasteiger partial charge in [-0.25, -0.2) is 9.97 Å². The summed E-state index contributed by atoms with van der Waals surface area (Å²) in [5.74, 6) is 0.285. The van der Waals surface area contributed by atoms with Crippen LogP contribution in [0.15, 0.2) is 30.6 Å². The summed E-state index contributed by atoms with van der Waals surface area (Å²) in [6.45, 7) is 8.44. The van der Waals surface area contributed by atoms with E-state index in [1.807, 2.05) is 13.8 Å². The van der Waals surface area contributed by atoms with Gasteiger partial charge in [0.15, 0.2) is 0 Å². The van der Waals surface area contributed by atoms with E-state index >= 15 is 0 Å². The molecule has 1 unspecified atom stereocenters. The Bertz CT molecular complexity index is 1040. The summed E-state index contributed by atoms with van der Waals surface area (Å²) < 4.78 is 39.0. The van der Waals surface area contributed by atoms with Gasteiger partial charge in [0.1, 0.15) is 12.1 Å². The minimum atomic E-state index is -4.42. The summed E-state index contributed by atoms with van der Waals surface area (Å²) in [7, 11) is 0. The molecule has 0 radical (unpaired) electrons. The number of rotatable bonds is 6. The number of carbonyl (C=O) groups is 1. The Morgan fingerprint density at radius 3 is 2.40 bits per heavy atom. The highest BCUT2D eigenvalue weighted by atomic mass is 19.4. The maximum absolute atomic E-state index is 13.5. The van der Waals surface area contributed by atoms with Crippen LogP contribution >= 0.6 is 0 Å². The first-order chi connectivity index (χ1) is 16.6. The van der Waals surface area contributed by atoms with Gasteiger partial charge in [0.2, 0.25) is 5.91 Å². The number of nitrogens with one attached hydrogen (secondary N) is 1. The molecule has 3 atom stereocenters. The van der Waals surface area contributed by atoms with Gasteiger partial charge in [0.25, 0.3) is 0 Å². The quantitative estimate of drug-likeness (QED) is 0.644. The second-order valence-corrected chi connectivity index (χ2v) is 9.70. The Morgan fingerprint density at radius 1 is 1.14 bits per heavy atom. The fourth-order valence-electron chi connectivity index (χ4n) is 4.92. The van der Waals surface area contributed by atoms with Gasteiger partial charge >= 0.3 is 6.18 Å². The maximum atomic E-state index is 13.5. The van der Waals surface area contributed by atoms with E-state index in [9.17, 15) is 23.1 Å². The predicted molar refractivity (Wildman–Crippen MR) is 126 cm³/mol. The lowest BCUT2D eigenvalue weighted by Gasteiger charge is -2.38. The largest absolute Gasteiger partial charge is 0.416 e. The summed E-state index contributed by atoms with van der Waals surface area (Å²) in [6, 6.07) is 5.01. The molecule has 0 bridgehead atoms. The molecule has 7 nitrogen and oxygen atoms in total. The summed E-state index contributed by atoms with van der Waals surface area (Å²) in [6.07, 6.45) is -2.90. The van der Waals surface area contributed by atoms with Crippen molar-refractivity contribution in [3.63, 3.8) is 0 Å². The zero-order valence-electron chi connectivity index (χ0n) is 20.2. The van der Waals surface area contributed by atoms with Gasteiger partial charge in [-0.2, -0.15) is 13.2 Å². The highest BCUT2D eigenvalue weighted by molar-refractivity contribution is 5.84. The van der Waals surface area contributed by atoms with Crippen LogP contribution in [0, 0.1) is 0 Å². The zero-order valence-corrected chi connectivity index (χ0v) is 20.2. The lowest BCUT2D eigenvalue weighted by atomic mass is 9.95. The van der Waals surface area contributed by atoms with Crippen molar-refractivity contribution in [2.75, 3.05) is 37.6 Å². The molecule has 2 heterocycles. The van der Waals surface area contributed by atoms with E-state index in [4.69, 9.17) is 0 Å². The second-order valence-electron chi connectivity index (χ2n) is 9.70. The summed E-state index contributed by atoms with van der Waals surface area (Å²) >= 11 is 0. The van der Waals surface area contributed by atoms with E-state index in [-0.39, 0.29) is 17.9 Å². The van der Waals surface area contributed by atoms with E-state index in [0.717, 1.165) is 23.5 Å². The Labute approximate surface area is 203 Å². The van der Waals surface area contributed by atoms with Crippen LogP contribution in [-0.4, -0.2) is 64.6 Å². The number of halogens is 3. The van der Waals surface area contributed by atoms with E-state index in [1.165, 1.54) is 18.5 Å². The second kappa shape index (κ2) is 10.1. The first-order valence-electron chi connectivity index (χ1n) is 12.0. The Hall–Kier alpha value is -2.72. The van der Waals surface area contributed by atoms with Crippen molar-refractivity contribution in [2.24, 2.45) is 0 Å². The summed E-state index contributed by atoms with van der Waals surface area (Å²) in [5.41, 5.74) is 1.50. The molecule has 1 aliphatic carbocycles. The van der Waals surface area contributed by atoms with Gasteiger partial charge in [0, 0.05) is 44.3 Å². The number of fused-ring (bicyclic) bond motifs is 1. The van der Waals surface area contributed by atoms with Crippen molar-refractivity contribution >= 4 is 11.7 Å². The standard InChI is InChI=1S/C25H32F3N5O2/c1-15(2)29-13-19(17-4-6-18(7-5-17)25(26,27)28)24(35)33-10-8-32(9-11-33)23-21-16(3)12-20(34)22(21)30-14-31-23/h4-7,14-16,19-20,29,34H,8-13H2,1-3H3/t16-,19?,20-/m1/s1. The molecule has 2 aliphatic rings. The molecule has 2 N–H and O–H groups in total. The van der Waals surface area contributed by atoms with Gasteiger partial charge < -0.3 is 20.2 Å². The molecular weight excluding hydrogens is 459 g/mol. The topological polar surface area (TPSA) is 81.6 Å². The molecule has 190 valence electrons. The van der Waals surface area contributed by atoms with Crippen LogP contribution in [0.5, 0.6) is 0 Å². The molecule has 35 heavy (non-hydrogen) atoms. The number of carbonyl (C=O) groups excluding carboxylic acids is 1. The van der Waals surface area contributed by atoms with Crippen LogP contribution in [0.1, 0.15) is 67.5 Å². The molecule has 10 heteroatoms. The monoisotopic (exact) mass is 491 g/mol. The molecule has 2 aromatic rings. The minimum Gasteiger partial charge on any atom is -0.387 e. The van der Waals surface area contributed by atoms with Crippen LogP contribution in [0.3, 0.4) is 0 Å². The molecule has 4 rings (SSSR count). The van der Waals surface area contributed by atoms with E-state index < -0.39 is 23.8 Å². The third kappa shape index (κ3) is 5.43. The van der Waals surface area contributed by atoms with E-state index in [2.05, 4.69) is 27.1 Å². The Morgan fingerprint density at radius 2 is 1.80 bits per heavy atom. The number of aliphatic hydroxyl groups excluding tert-OH is 1. The van der Waals surface area contributed by atoms with Crippen molar-refractivity contribution in [1.29, 1.82) is 0 Å². The molecule has 0 saturated carbocycles. The molecule has 1 fully saturated rings. The Kier molecular flexibility index (Phi) is 7.32. The van der Waals surface area contributed by atoms with Gasteiger partial charge in [0.05, 0.1) is 23.3 Å². The molecule has 1 saturated heterocycles. The maximum Gasteiger partial charge on any atom is 0.416 e. The van der Waals surface area contributed by atoms with Crippen LogP contribution < -0.4 is 10.2 Å². The third-order valence-electron chi connectivity index (χ3n) is 6.84. The first kappa shape index (κ1) is 25.4. The van der Waals surface area contributed by atoms with Crippen LogP contribution in [0.2, 0.25) is 0 Å². The van der Waals surface area contributed by atoms with Crippen molar-refractivity contribution in [3.8, 4) is 0 Å². The molecule has 1 aromatic carbocycles. The van der Waals surface area contributed by atoms with Crippen molar-refractivity contribution in [2.45, 2.75) is 57.3 Å². The number of hydrogen-bond acceptors (Lipinski definition) is 6.